The van der Waals surface area contributed by atoms with Crippen molar-refractivity contribution in [3.63, 3.8) is 0 Å². The van der Waals surface area contributed by atoms with Gasteiger partial charge in [-0.15, -0.1) is 13.2 Å². The molecule has 2 aromatic rings. The predicted octanol–water partition coefficient (Wildman–Crippen LogP) is 4.07. The molecule has 1 fully saturated rings. The Labute approximate surface area is 178 Å². The van der Waals surface area contributed by atoms with Gasteiger partial charge in [-0.2, -0.15) is 0 Å². The Bertz CT molecular complexity index is 924. The van der Waals surface area contributed by atoms with Crippen molar-refractivity contribution in [3.8, 4) is 5.75 Å². The van der Waals surface area contributed by atoms with Crippen molar-refractivity contribution in [1.29, 1.82) is 0 Å². The van der Waals surface area contributed by atoms with Crippen LogP contribution in [0.5, 0.6) is 5.75 Å². The molecule has 0 aliphatic carbocycles. The first-order chi connectivity index (χ1) is 14.7. The highest BCUT2D eigenvalue weighted by Crippen LogP contribution is 2.23. The van der Waals surface area contributed by atoms with Gasteiger partial charge < -0.3 is 20.3 Å². The number of hydrogen-bond acceptors (Lipinski definition) is 4. The van der Waals surface area contributed by atoms with Gasteiger partial charge in [-0.1, -0.05) is 12.1 Å². The fraction of sp³-hybridized carbons (Fsp3) is 0.364. The monoisotopic (exact) mass is 435 g/mol. The largest absolute Gasteiger partial charge is 0.573 e. The normalized spacial score (nSPS) is 13.9. The predicted molar refractivity (Wildman–Crippen MR) is 110 cm³/mol. The Hall–Kier alpha value is -3.07. The standard InChI is InChI=1S/C22H24F3N3O3/c1-15(29)27-19-11-17(10-18(12-19)21(30)28-8-2-3-9-28)14-26-13-16-4-6-20(7-5-16)31-22(23,24)25/h4-7,10-12,26H,2-3,8-9,13-14H2,1H3,(H,27,29). The van der Waals surface area contributed by atoms with Crippen molar-refractivity contribution in [3.05, 3.63) is 59.2 Å². The van der Waals surface area contributed by atoms with Crippen molar-refractivity contribution >= 4 is 17.5 Å². The summed E-state index contributed by atoms with van der Waals surface area (Å²) in [5.74, 6) is -0.568. The van der Waals surface area contributed by atoms with Gasteiger partial charge in [0.1, 0.15) is 5.75 Å². The maximum Gasteiger partial charge on any atom is 0.573 e. The zero-order chi connectivity index (χ0) is 22.4. The van der Waals surface area contributed by atoms with Crippen molar-refractivity contribution in [2.24, 2.45) is 0 Å². The Balaban J connectivity index is 1.65. The summed E-state index contributed by atoms with van der Waals surface area (Å²) in [7, 11) is 0. The molecular weight excluding hydrogens is 411 g/mol. The molecule has 1 heterocycles. The number of nitrogens with zero attached hydrogens (tertiary/aromatic N) is 1. The summed E-state index contributed by atoms with van der Waals surface area (Å²) in [6, 6.07) is 10.9. The Morgan fingerprint density at radius 1 is 1.00 bits per heavy atom. The summed E-state index contributed by atoms with van der Waals surface area (Å²) < 4.78 is 40.6. The van der Waals surface area contributed by atoms with Gasteiger partial charge in [0.25, 0.3) is 5.91 Å². The topological polar surface area (TPSA) is 70.7 Å². The molecule has 9 heteroatoms. The van der Waals surface area contributed by atoms with E-state index in [0.29, 0.717) is 24.3 Å². The van der Waals surface area contributed by atoms with Crippen LogP contribution in [0, 0.1) is 0 Å². The van der Waals surface area contributed by atoms with Crippen LogP contribution in [0.2, 0.25) is 0 Å². The number of likely N-dealkylation sites (tertiary alicyclic amines) is 1. The third kappa shape index (κ3) is 6.99. The van der Waals surface area contributed by atoms with Crippen molar-refractivity contribution in [2.75, 3.05) is 18.4 Å². The Kier molecular flexibility index (Phi) is 7.17. The van der Waals surface area contributed by atoms with Crippen molar-refractivity contribution in [2.45, 2.75) is 39.2 Å². The van der Waals surface area contributed by atoms with E-state index in [0.717, 1.165) is 37.1 Å². The lowest BCUT2D eigenvalue weighted by molar-refractivity contribution is -0.274. The van der Waals surface area contributed by atoms with Gasteiger partial charge in [0.05, 0.1) is 0 Å². The van der Waals surface area contributed by atoms with Gasteiger partial charge in [0.2, 0.25) is 5.91 Å². The molecule has 2 aromatic carbocycles. The van der Waals surface area contributed by atoms with E-state index in [1.165, 1.54) is 19.1 Å². The first kappa shape index (κ1) is 22.6. The van der Waals surface area contributed by atoms with Gasteiger partial charge in [-0.25, -0.2) is 0 Å². The van der Waals surface area contributed by atoms with E-state index in [2.05, 4.69) is 15.4 Å². The number of alkyl halides is 3. The quantitative estimate of drug-likeness (QED) is 0.688. The lowest BCUT2D eigenvalue weighted by Gasteiger charge is -2.17. The molecule has 0 aromatic heterocycles. The molecule has 2 N–H and O–H groups in total. The minimum absolute atomic E-state index is 0.0637. The van der Waals surface area contributed by atoms with Gasteiger partial charge in [0, 0.05) is 44.4 Å². The van der Waals surface area contributed by atoms with Gasteiger partial charge in [0.15, 0.2) is 0 Å². The molecule has 0 bridgehead atoms. The molecule has 0 spiro atoms. The number of benzene rings is 2. The molecule has 0 radical (unpaired) electrons. The minimum Gasteiger partial charge on any atom is -0.406 e. The number of carbonyl (C=O) groups excluding carboxylic acids is 2. The number of halogens is 3. The molecule has 0 unspecified atom stereocenters. The van der Waals surface area contributed by atoms with Crippen LogP contribution >= 0.6 is 0 Å². The fourth-order valence-corrected chi connectivity index (χ4v) is 3.46. The average Bonchev–Trinajstić information content (AvgIpc) is 3.22. The second-order valence-corrected chi connectivity index (χ2v) is 7.39. The second kappa shape index (κ2) is 9.82. The maximum atomic E-state index is 12.8. The molecule has 6 nitrogen and oxygen atoms in total. The van der Waals surface area contributed by atoms with E-state index < -0.39 is 6.36 Å². The van der Waals surface area contributed by atoms with Gasteiger partial charge >= 0.3 is 6.36 Å². The molecule has 0 atom stereocenters. The first-order valence-corrected chi connectivity index (χ1v) is 9.96. The molecular formula is C22H24F3N3O3. The summed E-state index contributed by atoms with van der Waals surface area (Å²) in [5, 5.41) is 5.92. The SMILES string of the molecule is CC(=O)Nc1cc(CNCc2ccc(OC(F)(F)F)cc2)cc(C(=O)N2CCCC2)c1. The minimum atomic E-state index is -4.72. The summed E-state index contributed by atoms with van der Waals surface area (Å²) >= 11 is 0. The average molecular weight is 435 g/mol. The third-order valence-corrected chi connectivity index (χ3v) is 4.77. The lowest BCUT2D eigenvalue weighted by Crippen LogP contribution is -2.28. The maximum absolute atomic E-state index is 12.8. The second-order valence-electron chi connectivity index (χ2n) is 7.39. The van der Waals surface area contributed by atoms with Crippen LogP contribution in [-0.4, -0.2) is 36.2 Å². The highest BCUT2D eigenvalue weighted by atomic mass is 19.4. The zero-order valence-electron chi connectivity index (χ0n) is 17.1. The summed E-state index contributed by atoms with van der Waals surface area (Å²) in [6.45, 7) is 3.68. The van der Waals surface area contributed by atoms with Crippen LogP contribution < -0.4 is 15.4 Å². The number of ether oxygens (including phenoxy) is 1. The van der Waals surface area contributed by atoms with Crippen LogP contribution in [0.4, 0.5) is 18.9 Å². The Morgan fingerprint density at radius 3 is 2.26 bits per heavy atom. The van der Waals surface area contributed by atoms with Crippen molar-refractivity contribution in [1.82, 2.24) is 10.2 Å². The van der Waals surface area contributed by atoms with E-state index in [1.54, 1.807) is 35.2 Å². The summed E-state index contributed by atoms with van der Waals surface area (Å²) in [4.78, 5) is 26.0. The lowest BCUT2D eigenvalue weighted by atomic mass is 10.1. The molecule has 31 heavy (non-hydrogen) atoms. The first-order valence-electron chi connectivity index (χ1n) is 9.96. The van der Waals surface area contributed by atoms with Crippen LogP contribution in [0.3, 0.4) is 0 Å². The van der Waals surface area contributed by atoms with Crippen LogP contribution in [0.25, 0.3) is 0 Å². The van der Waals surface area contributed by atoms with Crippen molar-refractivity contribution < 1.29 is 27.5 Å². The number of amides is 2. The Morgan fingerprint density at radius 2 is 1.65 bits per heavy atom. The smallest absolute Gasteiger partial charge is 0.406 e. The number of rotatable bonds is 7. The van der Waals surface area contributed by atoms with E-state index >= 15 is 0 Å². The number of anilines is 1. The molecule has 0 saturated carbocycles. The molecule has 1 saturated heterocycles. The van der Waals surface area contributed by atoms with E-state index in [4.69, 9.17) is 0 Å². The molecule has 2 amide bonds. The third-order valence-electron chi connectivity index (χ3n) is 4.77. The summed E-state index contributed by atoms with van der Waals surface area (Å²) in [5.41, 5.74) is 2.65. The van der Waals surface area contributed by atoms with Crippen LogP contribution in [-0.2, 0) is 17.9 Å². The fourth-order valence-electron chi connectivity index (χ4n) is 3.46. The number of nitrogens with one attached hydrogen (secondary N) is 2. The van der Waals surface area contributed by atoms with Crippen LogP contribution in [0.15, 0.2) is 42.5 Å². The van der Waals surface area contributed by atoms with E-state index in [-0.39, 0.29) is 17.6 Å². The molecule has 166 valence electrons. The molecule has 1 aliphatic rings. The van der Waals surface area contributed by atoms with Gasteiger partial charge in [-0.3, -0.25) is 9.59 Å². The van der Waals surface area contributed by atoms with E-state index in [1.807, 2.05) is 0 Å². The number of carbonyl (C=O) groups is 2. The highest BCUT2D eigenvalue weighted by Gasteiger charge is 2.30. The van der Waals surface area contributed by atoms with Crippen LogP contribution in [0.1, 0.15) is 41.3 Å². The van der Waals surface area contributed by atoms with Gasteiger partial charge in [-0.05, 0) is 54.3 Å². The summed E-state index contributed by atoms with van der Waals surface area (Å²) in [6.07, 6.45) is -2.75. The highest BCUT2D eigenvalue weighted by molar-refractivity contribution is 5.97. The zero-order valence-corrected chi connectivity index (χ0v) is 17.1. The van der Waals surface area contributed by atoms with E-state index in [9.17, 15) is 22.8 Å². The molecule has 3 rings (SSSR count). The number of hydrogen-bond donors (Lipinski definition) is 2. The molecule has 1 aliphatic heterocycles.